The van der Waals surface area contributed by atoms with Crippen LogP contribution in [0.3, 0.4) is 0 Å². The lowest BCUT2D eigenvalue weighted by Gasteiger charge is -2.30. The predicted molar refractivity (Wildman–Crippen MR) is 79.7 cm³/mol. The summed E-state index contributed by atoms with van der Waals surface area (Å²) >= 11 is 0. The van der Waals surface area contributed by atoms with Crippen molar-refractivity contribution in [1.82, 2.24) is 15.5 Å². The van der Waals surface area contributed by atoms with Crippen molar-refractivity contribution in [2.24, 2.45) is 0 Å². The van der Waals surface area contributed by atoms with Gasteiger partial charge in [0, 0.05) is 25.7 Å². The van der Waals surface area contributed by atoms with E-state index in [1.807, 2.05) is 0 Å². The summed E-state index contributed by atoms with van der Waals surface area (Å²) in [5.74, 6) is 0.126. The van der Waals surface area contributed by atoms with E-state index in [0.29, 0.717) is 12.6 Å². The Kier molecular flexibility index (Phi) is 6.76. The first-order valence-electron chi connectivity index (χ1n) is 8.04. The quantitative estimate of drug-likeness (QED) is 0.731. The topological polar surface area (TPSA) is 53.6 Å². The van der Waals surface area contributed by atoms with Gasteiger partial charge in [0.1, 0.15) is 0 Å². The minimum Gasteiger partial charge on any atom is -0.374 e. The molecule has 1 aliphatic carbocycles. The van der Waals surface area contributed by atoms with Crippen molar-refractivity contribution in [3.63, 3.8) is 0 Å². The van der Waals surface area contributed by atoms with Crippen LogP contribution >= 0.6 is 0 Å². The molecule has 0 aromatic rings. The van der Waals surface area contributed by atoms with E-state index in [2.05, 4.69) is 22.6 Å². The summed E-state index contributed by atoms with van der Waals surface area (Å²) in [6.07, 6.45) is 7.62. The molecule has 0 bridgehead atoms. The summed E-state index contributed by atoms with van der Waals surface area (Å²) in [6, 6.07) is 0.392. The first-order valence-corrected chi connectivity index (χ1v) is 8.04. The number of rotatable bonds is 5. The van der Waals surface area contributed by atoms with Crippen LogP contribution < -0.4 is 10.6 Å². The smallest absolute Gasteiger partial charge is 0.234 e. The molecule has 0 aromatic carbocycles. The molecule has 20 heavy (non-hydrogen) atoms. The minimum absolute atomic E-state index is 0.126. The first-order chi connectivity index (χ1) is 9.74. The maximum atomic E-state index is 11.9. The van der Waals surface area contributed by atoms with Crippen molar-refractivity contribution in [3.8, 4) is 0 Å². The van der Waals surface area contributed by atoms with E-state index >= 15 is 0 Å². The van der Waals surface area contributed by atoms with Gasteiger partial charge in [0.15, 0.2) is 0 Å². The van der Waals surface area contributed by atoms with Crippen LogP contribution in [0.2, 0.25) is 0 Å². The van der Waals surface area contributed by atoms with Crippen molar-refractivity contribution >= 4 is 5.91 Å². The second-order valence-electron chi connectivity index (χ2n) is 6.14. The molecule has 0 radical (unpaired) electrons. The lowest BCUT2D eigenvalue weighted by atomic mass is 10.1. The van der Waals surface area contributed by atoms with Crippen molar-refractivity contribution in [2.75, 3.05) is 39.8 Å². The van der Waals surface area contributed by atoms with Crippen LogP contribution in [-0.4, -0.2) is 62.8 Å². The maximum absolute atomic E-state index is 11.9. The van der Waals surface area contributed by atoms with Gasteiger partial charge in [-0.15, -0.1) is 0 Å². The van der Waals surface area contributed by atoms with Gasteiger partial charge < -0.3 is 20.3 Å². The zero-order chi connectivity index (χ0) is 14.2. The Morgan fingerprint density at radius 1 is 1.25 bits per heavy atom. The zero-order valence-electron chi connectivity index (χ0n) is 12.7. The molecule has 2 N–H and O–H groups in total. The number of carbonyl (C=O) groups excluding carboxylic acids is 1. The van der Waals surface area contributed by atoms with Crippen molar-refractivity contribution in [2.45, 2.75) is 50.7 Å². The summed E-state index contributed by atoms with van der Waals surface area (Å²) in [7, 11) is 2.11. The highest BCUT2D eigenvalue weighted by Crippen LogP contribution is 2.16. The fraction of sp³-hybridized carbons (Fsp3) is 0.933. The molecule has 2 fully saturated rings. The first kappa shape index (κ1) is 15.7. The second-order valence-corrected chi connectivity index (χ2v) is 6.14. The molecule has 1 atom stereocenters. The summed E-state index contributed by atoms with van der Waals surface area (Å²) < 4.78 is 5.66. The molecule has 0 unspecified atom stereocenters. The Balaban J connectivity index is 1.57. The van der Waals surface area contributed by atoms with Gasteiger partial charge >= 0.3 is 0 Å². The normalized spacial score (nSPS) is 26.1. The van der Waals surface area contributed by atoms with Crippen LogP contribution in [-0.2, 0) is 9.53 Å². The molecule has 1 aliphatic heterocycles. The zero-order valence-corrected chi connectivity index (χ0v) is 12.7. The monoisotopic (exact) mass is 283 g/mol. The van der Waals surface area contributed by atoms with Crippen LogP contribution in [0.1, 0.15) is 38.5 Å². The highest BCUT2D eigenvalue weighted by atomic mass is 16.5. The fourth-order valence-electron chi connectivity index (χ4n) is 3.04. The molecule has 0 spiro atoms. The number of ether oxygens (including phenoxy) is 1. The number of morpholine rings is 1. The molecule has 5 nitrogen and oxygen atoms in total. The van der Waals surface area contributed by atoms with E-state index in [-0.39, 0.29) is 12.0 Å². The summed E-state index contributed by atoms with van der Waals surface area (Å²) in [6.45, 7) is 3.88. The highest BCUT2D eigenvalue weighted by molar-refractivity contribution is 5.78. The van der Waals surface area contributed by atoms with Gasteiger partial charge in [-0.05, 0) is 19.9 Å². The molecule has 2 aliphatic rings. The molecular weight excluding hydrogens is 254 g/mol. The number of nitrogens with one attached hydrogen (secondary N) is 2. The van der Waals surface area contributed by atoms with Crippen molar-refractivity contribution < 1.29 is 9.53 Å². The van der Waals surface area contributed by atoms with Crippen LogP contribution in [0.15, 0.2) is 0 Å². The number of amides is 1. The van der Waals surface area contributed by atoms with E-state index < -0.39 is 0 Å². The fourth-order valence-corrected chi connectivity index (χ4v) is 3.04. The number of hydrogen-bond donors (Lipinski definition) is 2. The van der Waals surface area contributed by atoms with Crippen molar-refractivity contribution in [3.05, 3.63) is 0 Å². The van der Waals surface area contributed by atoms with Gasteiger partial charge in [-0.2, -0.15) is 0 Å². The standard InChI is InChI=1S/C15H29N3O2/c1-18-8-9-20-14(12-18)10-16-11-15(19)17-13-6-4-2-3-5-7-13/h13-14,16H,2-12H2,1H3,(H,17,19)/t14-/m1/s1. The Bertz CT molecular complexity index is 291. The van der Waals surface area contributed by atoms with Crippen LogP contribution in [0.5, 0.6) is 0 Å². The van der Waals surface area contributed by atoms with Gasteiger partial charge in [-0.25, -0.2) is 0 Å². The summed E-state index contributed by atoms with van der Waals surface area (Å²) in [5, 5.41) is 6.37. The number of carbonyl (C=O) groups is 1. The summed E-state index contributed by atoms with van der Waals surface area (Å²) in [5.41, 5.74) is 0. The molecule has 5 heteroatoms. The molecule has 116 valence electrons. The Morgan fingerprint density at radius 3 is 2.70 bits per heavy atom. The Hall–Kier alpha value is -0.650. The molecule has 1 saturated heterocycles. The second kappa shape index (κ2) is 8.60. The van der Waals surface area contributed by atoms with E-state index in [1.165, 1.54) is 25.7 Å². The predicted octanol–water partition coefficient (Wildman–Crippen LogP) is 0.746. The third-order valence-corrected chi connectivity index (χ3v) is 4.22. The van der Waals surface area contributed by atoms with E-state index in [9.17, 15) is 4.79 Å². The van der Waals surface area contributed by atoms with Gasteiger partial charge in [0.2, 0.25) is 5.91 Å². The van der Waals surface area contributed by atoms with Gasteiger partial charge in [0.05, 0.1) is 19.3 Å². The van der Waals surface area contributed by atoms with Crippen molar-refractivity contribution in [1.29, 1.82) is 0 Å². The molecule has 0 aromatic heterocycles. The highest BCUT2D eigenvalue weighted by Gasteiger charge is 2.18. The number of likely N-dealkylation sites (N-methyl/N-ethyl adjacent to an activating group) is 1. The maximum Gasteiger partial charge on any atom is 0.234 e. The molecule has 2 rings (SSSR count). The SMILES string of the molecule is CN1CCO[C@H](CNCC(=O)NC2CCCCCC2)C1. The number of nitrogens with zero attached hydrogens (tertiary/aromatic N) is 1. The van der Waals surface area contributed by atoms with Crippen LogP contribution in [0.4, 0.5) is 0 Å². The largest absolute Gasteiger partial charge is 0.374 e. The average Bonchev–Trinajstić information content (AvgIpc) is 2.67. The lowest BCUT2D eigenvalue weighted by Crippen LogP contribution is -2.47. The summed E-state index contributed by atoms with van der Waals surface area (Å²) in [4.78, 5) is 14.2. The van der Waals surface area contributed by atoms with Gasteiger partial charge in [-0.3, -0.25) is 4.79 Å². The minimum atomic E-state index is 0.126. The molecule has 1 saturated carbocycles. The van der Waals surface area contributed by atoms with E-state index in [1.54, 1.807) is 0 Å². The molecule has 1 heterocycles. The average molecular weight is 283 g/mol. The van der Waals surface area contributed by atoms with Crippen LogP contribution in [0, 0.1) is 0 Å². The van der Waals surface area contributed by atoms with E-state index in [4.69, 9.17) is 4.74 Å². The Morgan fingerprint density at radius 2 is 2.00 bits per heavy atom. The van der Waals surface area contributed by atoms with Gasteiger partial charge in [-0.1, -0.05) is 25.7 Å². The molecule has 1 amide bonds. The number of hydrogen-bond acceptors (Lipinski definition) is 4. The van der Waals surface area contributed by atoms with Crippen LogP contribution in [0.25, 0.3) is 0 Å². The Labute approximate surface area is 122 Å². The third-order valence-electron chi connectivity index (χ3n) is 4.22. The third kappa shape index (κ3) is 5.77. The molecular formula is C15H29N3O2. The lowest BCUT2D eigenvalue weighted by molar-refractivity contribution is -0.121. The van der Waals surface area contributed by atoms with Gasteiger partial charge in [0.25, 0.3) is 0 Å². The van der Waals surface area contributed by atoms with E-state index in [0.717, 1.165) is 39.1 Å².